The fourth-order valence-corrected chi connectivity index (χ4v) is 1.31. The molecule has 0 saturated heterocycles. The van der Waals surface area contributed by atoms with Crippen LogP contribution in [0.1, 0.15) is 20.3 Å². The summed E-state index contributed by atoms with van der Waals surface area (Å²) in [6.45, 7) is 3.01. The molecule has 1 aromatic carbocycles. The fourth-order valence-electron chi connectivity index (χ4n) is 1.31. The molecule has 1 atom stereocenters. The maximum absolute atomic E-state index is 11.7. The van der Waals surface area contributed by atoms with Gasteiger partial charge in [-0.05, 0) is 13.0 Å². The van der Waals surface area contributed by atoms with Crippen molar-refractivity contribution in [3.8, 4) is 0 Å². The minimum absolute atomic E-state index is 0.0666. The number of nitro groups is 1. The quantitative estimate of drug-likeness (QED) is 0.498. The smallest absolute Gasteiger partial charge is 0.306 e. The molecule has 0 bridgehead atoms. The highest BCUT2D eigenvalue weighted by Gasteiger charge is 2.20. The molecule has 7 nitrogen and oxygen atoms in total. The normalized spacial score (nSPS) is 11.5. The van der Waals surface area contributed by atoms with Gasteiger partial charge in [-0.2, -0.15) is 0 Å². The number of carbonyl (C=O) groups is 2. The summed E-state index contributed by atoms with van der Waals surface area (Å²) in [7, 11) is 0. The van der Waals surface area contributed by atoms with E-state index in [1.54, 1.807) is 13.0 Å². The van der Waals surface area contributed by atoms with E-state index >= 15 is 0 Å². The molecule has 1 rings (SSSR count). The van der Waals surface area contributed by atoms with Crippen LogP contribution >= 0.6 is 0 Å². The summed E-state index contributed by atoms with van der Waals surface area (Å²) in [5, 5.41) is 13.1. The van der Waals surface area contributed by atoms with Crippen LogP contribution in [0.3, 0.4) is 0 Å². The second kappa shape index (κ2) is 6.48. The number of rotatable bonds is 5. The van der Waals surface area contributed by atoms with Gasteiger partial charge in [-0.3, -0.25) is 19.7 Å². The number of esters is 1. The van der Waals surface area contributed by atoms with Gasteiger partial charge >= 0.3 is 5.97 Å². The zero-order valence-corrected chi connectivity index (χ0v) is 10.6. The van der Waals surface area contributed by atoms with E-state index in [0.29, 0.717) is 0 Å². The number of benzene rings is 1. The van der Waals surface area contributed by atoms with Gasteiger partial charge in [0.25, 0.3) is 11.6 Å². The molecule has 7 heteroatoms. The minimum Gasteiger partial charge on any atom is -0.453 e. The molecule has 0 aromatic heterocycles. The summed E-state index contributed by atoms with van der Waals surface area (Å²) in [4.78, 5) is 32.9. The molecule has 1 aromatic rings. The molecular weight excluding hydrogens is 252 g/mol. The average molecular weight is 266 g/mol. The van der Waals surface area contributed by atoms with E-state index in [4.69, 9.17) is 4.74 Å². The number of ether oxygens (including phenoxy) is 1. The van der Waals surface area contributed by atoms with E-state index in [1.165, 1.54) is 25.1 Å². The Bertz CT molecular complexity index is 501. The molecule has 0 unspecified atom stereocenters. The van der Waals surface area contributed by atoms with Crippen LogP contribution in [0.5, 0.6) is 0 Å². The van der Waals surface area contributed by atoms with Gasteiger partial charge < -0.3 is 10.1 Å². The van der Waals surface area contributed by atoms with Gasteiger partial charge in [0, 0.05) is 12.5 Å². The summed E-state index contributed by atoms with van der Waals surface area (Å²) >= 11 is 0. The maximum atomic E-state index is 11.7. The molecular formula is C12H14N2O5. The van der Waals surface area contributed by atoms with Gasteiger partial charge in [-0.1, -0.05) is 19.1 Å². The zero-order valence-electron chi connectivity index (χ0n) is 10.6. The SMILES string of the molecule is CCC(=O)O[C@H](C)C(=O)Nc1ccccc1[N+](=O)[O-]. The average Bonchev–Trinajstić information content (AvgIpc) is 2.38. The number of nitrogens with zero attached hydrogens (tertiary/aromatic N) is 1. The molecule has 1 N–H and O–H groups in total. The Kier molecular flexibility index (Phi) is 4.99. The Morgan fingerprint density at radius 2 is 2.05 bits per heavy atom. The Morgan fingerprint density at radius 3 is 2.63 bits per heavy atom. The van der Waals surface area contributed by atoms with Gasteiger partial charge in [0.05, 0.1) is 4.92 Å². The Labute approximate surface area is 109 Å². The molecule has 0 aliphatic heterocycles. The lowest BCUT2D eigenvalue weighted by Gasteiger charge is -2.12. The van der Waals surface area contributed by atoms with E-state index in [9.17, 15) is 19.7 Å². The van der Waals surface area contributed by atoms with E-state index in [0.717, 1.165) is 0 Å². The van der Waals surface area contributed by atoms with Crippen LogP contribution in [0, 0.1) is 10.1 Å². The van der Waals surface area contributed by atoms with Crippen molar-refractivity contribution < 1.29 is 19.2 Å². The molecule has 1 amide bonds. The molecule has 0 heterocycles. The number of carbonyl (C=O) groups excluding carboxylic acids is 2. The topological polar surface area (TPSA) is 98.5 Å². The van der Waals surface area contributed by atoms with Crippen LogP contribution in [-0.2, 0) is 14.3 Å². The minimum atomic E-state index is -1.01. The number of anilines is 1. The third kappa shape index (κ3) is 4.06. The molecule has 0 spiro atoms. The Hall–Kier alpha value is -2.44. The molecule has 0 saturated carbocycles. The second-order valence-corrected chi connectivity index (χ2v) is 3.75. The molecule has 19 heavy (non-hydrogen) atoms. The van der Waals surface area contributed by atoms with Crippen molar-refractivity contribution in [3.05, 3.63) is 34.4 Å². The molecule has 0 radical (unpaired) electrons. The summed E-state index contributed by atoms with van der Waals surface area (Å²) in [5.74, 6) is -1.12. The molecule has 0 aliphatic rings. The van der Waals surface area contributed by atoms with Crippen LogP contribution in [-0.4, -0.2) is 22.9 Å². The standard InChI is InChI=1S/C12H14N2O5/c1-3-11(15)19-8(2)12(16)13-9-6-4-5-7-10(9)14(17)18/h4-8H,3H2,1-2H3,(H,13,16)/t8-/m1/s1. The summed E-state index contributed by atoms with van der Waals surface area (Å²) in [6, 6.07) is 5.74. The van der Waals surface area contributed by atoms with Gasteiger partial charge in [-0.25, -0.2) is 0 Å². The van der Waals surface area contributed by atoms with Gasteiger partial charge in [0.2, 0.25) is 0 Å². The van der Waals surface area contributed by atoms with Crippen LogP contribution in [0.25, 0.3) is 0 Å². The van der Waals surface area contributed by atoms with Crippen LogP contribution < -0.4 is 5.32 Å². The van der Waals surface area contributed by atoms with Crippen LogP contribution in [0.15, 0.2) is 24.3 Å². The lowest BCUT2D eigenvalue weighted by molar-refractivity contribution is -0.383. The Morgan fingerprint density at radius 1 is 1.42 bits per heavy atom. The van der Waals surface area contributed by atoms with E-state index in [-0.39, 0.29) is 17.8 Å². The summed E-state index contributed by atoms with van der Waals surface area (Å²) < 4.78 is 4.81. The first kappa shape index (κ1) is 14.6. The fraction of sp³-hybridized carbons (Fsp3) is 0.333. The predicted molar refractivity (Wildman–Crippen MR) is 67.6 cm³/mol. The van der Waals surface area contributed by atoms with Gasteiger partial charge in [0.1, 0.15) is 5.69 Å². The van der Waals surface area contributed by atoms with E-state index in [1.807, 2.05) is 0 Å². The Balaban J connectivity index is 2.77. The number of nitro benzene ring substituents is 1. The first-order valence-corrected chi connectivity index (χ1v) is 5.69. The van der Waals surface area contributed by atoms with Crippen molar-refractivity contribution in [2.45, 2.75) is 26.4 Å². The largest absolute Gasteiger partial charge is 0.453 e. The first-order valence-electron chi connectivity index (χ1n) is 5.69. The molecule has 0 fully saturated rings. The number of amides is 1. The highest BCUT2D eigenvalue weighted by atomic mass is 16.6. The van der Waals surface area contributed by atoms with Gasteiger partial charge in [0.15, 0.2) is 6.10 Å². The third-order valence-corrected chi connectivity index (χ3v) is 2.32. The number of hydrogen-bond acceptors (Lipinski definition) is 5. The summed E-state index contributed by atoms with van der Waals surface area (Å²) in [6.07, 6.45) is -0.851. The lowest BCUT2D eigenvalue weighted by Crippen LogP contribution is -2.29. The monoisotopic (exact) mass is 266 g/mol. The highest BCUT2D eigenvalue weighted by Crippen LogP contribution is 2.23. The van der Waals surface area contributed by atoms with Gasteiger partial charge in [-0.15, -0.1) is 0 Å². The summed E-state index contributed by atoms with van der Waals surface area (Å²) in [5.41, 5.74) is -0.151. The second-order valence-electron chi connectivity index (χ2n) is 3.75. The lowest BCUT2D eigenvalue weighted by atomic mass is 10.2. The third-order valence-electron chi connectivity index (χ3n) is 2.32. The molecule has 0 aliphatic carbocycles. The van der Waals surface area contributed by atoms with Crippen LogP contribution in [0.4, 0.5) is 11.4 Å². The van der Waals surface area contributed by atoms with Crippen molar-refractivity contribution in [1.29, 1.82) is 0 Å². The number of para-hydroxylation sites is 2. The number of hydrogen-bond donors (Lipinski definition) is 1. The van der Waals surface area contributed by atoms with Crippen molar-refractivity contribution in [3.63, 3.8) is 0 Å². The first-order chi connectivity index (χ1) is 8.95. The van der Waals surface area contributed by atoms with Crippen molar-refractivity contribution in [2.24, 2.45) is 0 Å². The van der Waals surface area contributed by atoms with Crippen LogP contribution in [0.2, 0.25) is 0 Å². The van der Waals surface area contributed by atoms with E-state index in [2.05, 4.69) is 5.32 Å². The van der Waals surface area contributed by atoms with Crippen molar-refractivity contribution in [1.82, 2.24) is 0 Å². The van der Waals surface area contributed by atoms with E-state index < -0.39 is 22.9 Å². The predicted octanol–water partition coefficient (Wildman–Crippen LogP) is 1.88. The molecule has 102 valence electrons. The van der Waals surface area contributed by atoms with Crippen molar-refractivity contribution in [2.75, 3.05) is 5.32 Å². The zero-order chi connectivity index (χ0) is 14.4. The number of nitrogens with one attached hydrogen (secondary N) is 1. The van der Waals surface area contributed by atoms with Crippen molar-refractivity contribution >= 4 is 23.3 Å². The maximum Gasteiger partial charge on any atom is 0.306 e. The highest BCUT2D eigenvalue weighted by molar-refractivity contribution is 5.96.